The van der Waals surface area contributed by atoms with Crippen LogP contribution in [0, 0.1) is 5.82 Å². The summed E-state index contributed by atoms with van der Waals surface area (Å²) in [7, 11) is 0. The zero-order valence-electron chi connectivity index (χ0n) is 8.89. The number of halogens is 1. The second-order valence-electron chi connectivity index (χ2n) is 3.43. The predicted octanol–water partition coefficient (Wildman–Crippen LogP) is 2.63. The third kappa shape index (κ3) is 2.60. The summed E-state index contributed by atoms with van der Waals surface area (Å²) in [5, 5.41) is 0. The normalized spacial score (nSPS) is 9.94. The van der Waals surface area contributed by atoms with Gasteiger partial charge in [0.15, 0.2) is 0 Å². The Morgan fingerprint density at radius 3 is 2.53 bits per heavy atom. The zero-order chi connectivity index (χ0) is 12.3. The number of carbonyl (C=O) groups excluding carboxylic acids is 1. The van der Waals surface area contributed by atoms with E-state index >= 15 is 0 Å². The van der Waals surface area contributed by atoms with Crippen molar-refractivity contribution in [3.63, 3.8) is 0 Å². The summed E-state index contributed by atoms with van der Waals surface area (Å²) in [4.78, 5) is 11.7. The highest BCUT2D eigenvalue weighted by Gasteiger charge is 2.13. The van der Waals surface area contributed by atoms with E-state index in [1.165, 1.54) is 12.1 Å². The van der Waals surface area contributed by atoms with Crippen LogP contribution in [-0.4, -0.2) is 5.97 Å². The minimum Gasteiger partial charge on any atom is -0.423 e. The quantitative estimate of drug-likeness (QED) is 0.491. The molecule has 0 saturated heterocycles. The summed E-state index contributed by atoms with van der Waals surface area (Å²) in [6.45, 7) is 0. The van der Waals surface area contributed by atoms with E-state index in [2.05, 4.69) is 0 Å². The minimum atomic E-state index is -0.673. The topological polar surface area (TPSA) is 52.3 Å². The smallest absolute Gasteiger partial charge is 0.345 e. The van der Waals surface area contributed by atoms with Gasteiger partial charge in [-0.05, 0) is 30.3 Å². The summed E-state index contributed by atoms with van der Waals surface area (Å²) >= 11 is 0. The maximum atomic E-state index is 13.0. The van der Waals surface area contributed by atoms with E-state index in [0.717, 1.165) is 6.07 Å². The van der Waals surface area contributed by atoms with Crippen LogP contribution in [-0.2, 0) is 0 Å². The molecule has 0 bridgehead atoms. The molecule has 0 aliphatic heterocycles. The number of hydrogen-bond donors (Lipinski definition) is 1. The molecule has 0 amide bonds. The fraction of sp³-hybridized carbons (Fsp3) is 0. The molecule has 0 aliphatic carbocycles. The molecular formula is C13H10FNO2. The molecule has 86 valence electrons. The summed E-state index contributed by atoms with van der Waals surface area (Å²) < 4.78 is 18.0. The molecule has 0 atom stereocenters. The van der Waals surface area contributed by atoms with Crippen LogP contribution in [0.3, 0.4) is 0 Å². The molecule has 17 heavy (non-hydrogen) atoms. The van der Waals surface area contributed by atoms with E-state index < -0.39 is 11.8 Å². The number of nitrogens with two attached hydrogens (primary N) is 1. The molecule has 4 heteroatoms. The van der Waals surface area contributed by atoms with Crippen molar-refractivity contribution in [2.75, 3.05) is 5.73 Å². The van der Waals surface area contributed by atoms with Crippen LogP contribution in [0.25, 0.3) is 0 Å². The highest BCUT2D eigenvalue weighted by atomic mass is 19.1. The van der Waals surface area contributed by atoms with Gasteiger partial charge in [0.1, 0.15) is 11.6 Å². The Kier molecular flexibility index (Phi) is 3.05. The van der Waals surface area contributed by atoms with Crippen LogP contribution in [0.2, 0.25) is 0 Å². The summed E-state index contributed by atoms with van der Waals surface area (Å²) in [6, 6.07) is 12.1. The first-order valence-electron chi connectivity index (χ1n) is 4.99. The maximum Gasteiger partial charge on any atom is 0.345 e. The van der Waals surface area contributed by atoms with Gasteiger partial charge in [0, 0.05) is 5.69 Å². The molecule has 0 saturated carbocycles. The zero-order valence-corrected chi connectivity index (χ0v) is 8.89. The van der Waals surface area contributed by atoms with Crippen molar-refractivity contribution in [1.82, 2.24) is 0 Å². The average Bonchev–Trinajstić information content (AvgIpc) is 2.33. The fourth-order valence-electron chi connectivity index (χ4n) is 1.36. The van der Waals surface area contributed by atoms with Gasteiger partial charge in [-0.1, -0.05) is 18.2 Å². The van der Waals surface area contributed by atoms with E-state index in [4.69, 9.17) is 10.5 Å². The van der Waals surface area contributed by atoms with Gasteiger partial charge in [-0.2, -0.15) is 0 Å². The van der Waals surface area contributed by atoms with Crippen molar-refractivity contribution < 1.29 is 13.9 Å². The Balaban J connectivity index is 2.23. The lowest BCUT2D eigenvalue weighted by Gasteiger charge is -2.06. The molecule has 2 aromatic carbocycles. The van der Waals surface area contributed by atoms with Crippen molar-refractivity contribution in [3.05, 3.63) is 59.9 Å². The van der Waals surface area contributed by atoms with Crippen LogP contribution in [0.5, 0.6) is 5.75 Å². The van der Waals surface area contributed by atoms with Crippen molar-refractivity contribution in [3.8, 4) is 5.75 Å². The molecule has 2 rings (SSSR count). The van der Waals surface area contributed by atoms with Gasteiger partial charge >= 0.3 is 5.97 Å². The number of carbonyl (C=O) groups is 1. The Hall–Kier alpha value is -2.36. The van der Waals surface area contributed by atoms with Gasteiger partial charge < -0.3 is 10.5 Å². The lowest BCUT2D eigenvalue weighted by molar-refractivity contribution is 0.0735. The Bertz CT molecular complexity index is 540. The monoisotopic (exact) mass is 231 g/mol. The SMILES string of the molecule is Nc1ccc(F)cc1C(=O)Oc1ccccc1. The fourth-order valence-corrected chi connectivity index (χ4v) is 1.36. The molecule has 0 unspecified atom stereocenters. The molecule has 0 spiro atoms. The van der Waals surface area contributed by atoms with Crippen LogP contribution < -0.4 is 10.5 Å². The largest absolute Gasteiger partial charge is 0.423 e. The third-order valence-electron chi connectivity index (χ3n) is 2.19. The van der Waals surface area contributed by atoms with Crippen molar-refractivity contribution in [1.29, 1.82) is 0 Å². The molecule has 0 radical (unpaired) electrons. The van der Waals surface area contributed by atoms with Gasteiger partial charge in [0.2, 0.25) is 0 Å². The van der Waals surface area contributed by atoms with E-state index in [-0.39, 0.29) is 11.3 Å². The van der Waals surface area contributed by atoms with Gasteiger partial charge in [-0.3, -0.25) is 0 Å². The van der Waals surface area contributed by atoms with Crippen molar-refractivity contribution in [2.45, 2.75) is 0 Å². The molecule has 3 nitrogen and oxygen atoms in total. The average molecular weight is 231 g/mol. The lowest BCUT2D eigenvalue weighted by atomic mass is 10.2. The molecule has 2 N–H and O–H groups in total. The number of nitrogen functional groups attached to an aromatic ring is 1. The number of ether oxygens (including phenoxy) is 1. The van der Waals surface area contributed by atoms with Crippen LogP contribution in [0.1, 0.15) is 10.4 Å². The molecule has 0 aliphatic rings. The van der Waals surface area contributed by atoms with Gasteiger partial charge in [-0.25, -0.2) is 9.18 Å². The Labute approximate surface area is 97.6 Å². The maximum absolute atomic E-state index is 13.0. The number of hydrogen-bond acceptors (Lipinski definition) is 3. The lowest BCUT2D eigenvalue weighted by Crippen LogP contribution is -2.11. The Morgan fingerprint density at radius 2 is 1.82 bits per heavy atom. The van der Waals surface area contributed by atoms with Gasteiger partial charge in [0.05, 0.1) is 5.56 Å². The van der Waals surface area contributed by atoms with Crippen LogP contribution in [0.4, 0.5) is 10.1 Å². The van der Waals surface area contributed by atoms with Crippen LogP contribution in [0.15, 0.2) is 48.5 Å². The first-order valence-corrected chi connectivity index (χ1v) is 4.99. The van der Waals surface area contributed by atoms with Crippen LogP contribution >= 0.6 is 0 Å². The minimum absolute atomic E-state index is 0.0221. The first-order chi connectivity index (χ1) is 8.16. The number of benzene rings is 2. The van der Waals surface area contributed by atoms with E-state index in [1.54, 1.807) is 30.3 Å². The number of para-hydroxylation sites is 1. The second-order valence-corrected chi connectivity index (χ2v) is 3.43. The van der Waals surface area contributed by atoms with Crippen molar-refractivity contribution in [2.24, 2.45) is 0 Å². The van der Waals surface area contributed by atoms with Crippen molar-refractivity contribution >= 4 is 11.7 Å². The van der Waals surface area contributed by atoms with E-state index in [9.17, 15) is 9.18 Å². The van der Waals surface area contributed by atoms with Gasteiger partial charge in [0.25, 0.3) is 0 Å². The summed E-state index contributed by atoms with van der Waals surface area (Å²) in [5.41, 5.74) is 5.79. The summed E-state index contributed by atoms with van der Waals surface area (Å²) in [6.07, 6.45) is 0. The van der Waals surface area contributed by atoms with Gasteiger partial charge in [-0.15, -0.1) is 0 Å². The predicted molar refractivity (Wildman–Crippen MR) is 62.2 cm³/mol. The number of rotatable bonds is 2. The van der Waals surface area contributed by atoms with E-state index in [1.807, 2.05) is 0 Å². The first kappa shape index (κ1) is 11.1. The number of anilines is 1. The van der Waals surface area contributed by atoms with E-state index in [0.29, 0.717) is 5.75 Å². The highest BCUT2D eigenvalue weighted by Crippen LogP contribution is 2.17. The molecule has 0 heterocycles. The molecule has 0 aromatic heterocycles. The standard InChI is InChI=1S/C13H10FNO2/c14-9-6-7-12(15)11(8-9)13(16)17-10-4-2-1-3-5-10/h1-8H,15H2. The molecule has 2 aromatic rings. The Morgan fingerprint density at radius 1 is 1.12 bits per heavy atom. The highest BCUT2D eigenvalue weighted by molar-refractivity contribution is 5.96. The third-order valence-corrected chi connectivity index (χ3v) is 2.19. The second kappa shape index (κ2) is 4.65. The number of esters is 1. The molecule has 0 fully saturated rings. The molecular weight excluding hydrogens is 221 g/mol. The summed E-state index contributed by atoms with van der Waals surface area (Å²) in [5.74, 6) is -0.812.